The summed E-state index contributed by atoms with van der Waals surface area (Å²) < 4.78 is 11.2. The molecule has 6 heteroatoms. The number of nitrogens with zero attached hydrogens (tertiary/aromatic N) is 1. The number of rotatable bonds is 2. The smallest absolute Gasteiger partial charge is 0.235 e. The summed E-state index contributed by atoms with van der Waals surface area (Å²) in [6, 6.07) is 3.16. The van der Waals surface area contributed by atoms with Crippen LogP contribution in [0.25, 0.3) is 6.08 Å². The zero-order valence-corrected chi connectivity index (χ0v) is 10.1. The lowest BCUT2D eigenvalue weighted by Gasteiger charge is -2.24. The summed E-state index contributed by atoms with van der Waals surface area (Å²) in [7, 11) is 0. The van der Waals surface area contributed by atoms with Crippen molar-refractivity contribution in [3.05, 3.63) is 39.6 Å². The van der Waals surface area contributed by atoms with E-state index in [9.17, 15) is 15.2 Å². The molecule has 1 fully saturated rings. The molecule has 0 aliphatic carbocycles. The van der Waals surface area contributed by atoms with Crippen LogP contribution in [0.3, 0.4) is 0 Å². The summed E-state index contributed by atoms with van der Waals surface area (Å²) in [5.41, 5.74) is 1.26. The van der Waals surface area contributed by atoms with E-state index in [1.54, 1.807) is 6.07 Å². The van der Waals surface area contributed by atoms with E-state index in [0.717, 1.165) is 24.6 Å². The highest BCUT2D eigenvalue weighted by Crippen LogP contribution is 2.47. The minimum absolute atomic E-state index is 0.0201. The summed E-state index contributed by atoms with van der Waals surface area (Å²) in [6.45, 7) is 0.654. The van der Waals surface area contributed by atoms with Crippen molar-refractivity contribution in [1.82, 2.24) is 0 Å². The molecule has 0 unspecified atom stereocenters. The van der Waals surface area contributed by atoms with Crippen LogP contribution in [-0.4, -0.2) is 22.9 Å². The molecule has 2 heterocycles. The minimum Gasteiger partial charge on any atom is -0.507 e. The molecule has 2 aliphatic rings. The molecule has 0 spiro atoms. The normalized spacial score (nSPS) is 24.8. The van der Waals surface area contributed by atoms with Gasteiger partial charge < -0.3 is 14.6 Å². The standard InChI is InChI=1S/C13H13NO5/c15-10-3-4-11-12(8(10)5-6-14(16)17)9-2-1-7-18-13(9)19-11/h3-6,9,13,15H,1-2,7H2/b6-5+/t9-,13+/m0/s1. The Morgan fingerprint density at radius 3 is 3.11 bits per heavy atom. The first-order chi connectivity index (χ1) is 9.16. The zero-order valence-electron chi connectivity index (χ0n) is 10.1. The van der Waals surface area contributed by atoms with Crippen LogP contribution >= 0.6 is 0 Å². The van der Waals surface area contributed by atoms with Crippen molar-refractivity contribution in [3.8, 4) is 11.5 Å². The molecule has 0 aromatic heterocycles. The second-order valence-corrected chi connectivity index (χ2v) is 4.62. The number of hydrogen-bond acceptors (Lipinski definition) is 5. The Morgan fingerprint density at radius 1 is 1.47 bits per heavy atom. The van der Waals surface area contributed by atoms with Gasteiger partial charge in [0.05, 0.1) is 17.4 Å². The Morgan fingerprint density at radius 2 is 2.32 bits per heavy atom. The number of fused-ring (bicyclic) bond motifs is 3. The lowest BCUT2D eigenvalue weighted by Crippen LogP contribution is -2.27. The van der Waals surface area contributed by atoms with Gasteiger partial charge in [-0.15, -0.1) is 0 Å². The van der Waals surface area contributed by atoms with E-state index in [0.29, 0.717) is 17.9 Å². The predicted molar refractivity (Wildman–Crippen MR) is 66.5 cm³/mol. The van der Waals surface area contributed by atoms with Gasteiger partial charge in [-0.2, -0.15) is 0 Å². The van der Waals surface area contributed by atoms with Crippen molar-refractivity contribution in [2.24, 2.45) is 0 Å². The van der Waals surface area contributed by atoms with Crippen LogP contribution in [0, 0.1) is 10.1 Å². The van der Waals surface area contributed by atoms with Crippen LogP contribution in [-0.2, 0) is 4.74 Å². The van der Waals surface area contributed by atoms with Gasteiger partial charge in [-0.3, -0.25) is 10.1 Å². The van der Waals surface area contributed by atoms with E-state index < -0.39 is 4.92 Å². The summed E-state index contributed by atoms with van der Waals surface area (Å²) in [5, 5.41) is 20.4. The monoisotopic (exact) mass is 263 g/mol. The highest BCUT2D eigenvalue weighted by Gasteiger charge is 2.39. The van der Waals surface area contributed by atoms with Gasteiger partial charge in [-0.25, -0.2) is 0 Å². The summed E-state index contributed by atoms with van der Waals surface area (Å²) in [6.07, 6.45) is 3.60. The molecule has 0 bridgehead atoms. The van der Waals surface area contributed by atoms with Gasteiger partial charge in [0.1, 0.15) is 11.5 Å². The fourth-order valence-electron chi connectivity index (χ4n) is 2.68. The molecule has 1 aromatic rings. The third-order valence-electron chi connectivity index (χ3n) is 3.47. The quantitative estimate of drug-likeness (QED) is 0.653. The Labute approximate surface area is 109 Å². The highest BCUT2D eigenvalue weighted by atomic mass is 16.7. The van der Waals surface area contributed by atoms with E-state index in [-0.39, 0.29) is 18.0 Å². The first kappa shape index (κ1) is 12.0. The summed E-state index contributed by atoms with van der Waals surface area (Å²) in [5.74, 6) is 0.687. The second kappa shape index (κ2) is 4.55. The number of nitro groups is 1. The average Bonchev–Trinajstić information content (AvgIpc) is 2.76. The maximum Gasteiger partial charge on any atom is 0.235 e. The lowest BCUT2D eigenvalue weighted by atomic mass is 9.89. The number of phenolic OH excluding ortho intramolecular Hbond substituents is 1. The van der Waals surface area contributed by atoms with Crippen LogP contribution in [0.1, 0.15) is 29.9 Å². The van der Waals surface area contributed by atoms with Gasteiger partial charge in [0, 0.05) is 17.2 Å². The van der Waals surface area contributed by atoms with Crippen molar-refractivity contribution < 1.29 is 19.5 Å². The number of hydrogen-bond donors (Lipinski definition) is 1. The Hall–Kier alpha value is -2.08. The second-order valence-electron chi connectivity index (χ2n) is 4.62. The van der Waals surface area contributed by atoms with Gasteiger partial charge in [-0.1, -0.05) is 0 Å². The van der Waals surface area contributed by atoms with Gasteiger partial charge in [0.25, 0.3) is 0 Å². The molecule has 2 aliphatic heterocycles. The van der Waals surface area contributed by atoms with Crippen LogP contribution in [0.2, 0.25) is 0 Å². The van der Waals surface area contributed by atoms with Crippen LogP contribution in [0.4, 0.5) is 0 Å². The zero-order chi connectivity index (χ0) is 13.4. The molecular formula is C13H13NO5. The van der Waals surface area contributed by atoms with E-state index in [1.807, 2.05) is 0 Å². The molecular weight excluding hydrogens is 250 g/mol. The molecule has 3 rings (SSSR count). The van der Waals surface area contributed by atoms with Crippen LogP contribution < -0.4 is 4.74 Å². The van der Waals surface area contributed by atoms with Crippen molar-refractivity contribution in [1.29, 1.82) is 0 Å². The number of aromatic hydroxyl groups is 1. The molecule has 2 atom stereocenters. The average molecular weight is 263 g/mol. The minimum atomic E-state index is -0.552. The first-order valence-corrected chi connectivity index (χ1v) is 6.12. The van der Waals surface area contributed by atoms with Crippen LogP contribution in [0.5, 0.6) is 11.5 Å². The molecule has 0 radical (unpaired) electrons. The highest BCUT2D eigenvalue weighted by molar-refractivity contribution is 5.66. The van der Waals surface area contributed by atoms with Gasteiger partial charge in [-0.05, 0) is 25.0 Å². The molecule has 1 saturated heterocycles. The number of ether oxygens (including phenoxy) is 2. The lowest BCUT2D eigenvalue weighted by molar-refractivity contribution is -0.400. The van der Waals surface area contributed by atoms with Gasteiger partial charge in [0.2, 0.25) is 12.5 Å². The molecule has 0 saturated carbocycles. The molecule has 1 aromatic carbocycles. The van der Waals surface area contributed by atoms with Crippen molar-refractivity contribution in [3.63, 3.8) is 0 Å². The van der Waals surface area contributed by atoms with Crippen LogP contribution in [0.15, 0.2) is 18.3 Å². The molecule has 100 valence electrons. The third-order valence-corrected chi connectivity index (χ3v) is 3.47. The predicted octanol–water partition coefficient (Wildman–Crippen LogP) is 2.25. The fourth-order valence-corrected chi connectivity index (χ4v) is 2.68. The van der Waals surface area contributed by atoms with E-state index in [4.69, 9.17) is 9.47 Å². The maximum atomic E-state index is 10.4. The molecule has 0 amide bonds. The topological polar surface area (TPSA) is 81.8 Å². The third kappa shape index (κ3) is 2.04. The number of phenols is 1. The molecule has 19 heavy (non-hydrogen) atoms. The fraction of sp³-hybridized carbons (Fsp3) is 0.385. The van der Waals surface area contributed by atoms with E-state index >= 15 is 0 Å². The maximum absolute atomic E-state index is 10.4. The SMILES string of the molecule is O=[N+]([O-])/C=C/c1c(O)ccc2c1[C@@H]1CCCO[C@@H]1O2. The number of benzene rings is 1. The summed E-state index contributed by atoms with van der Waals surface area (Å²) in [4.78, 5) is 9.90. The van der Waals surface area contributed by atoms with Gasteiger partial charge in [0.15, 0.2) is 0 Å². The molecule has 1 N–H and O–H groups in total. The largest absolute Gasteiger partial charge is 0.507 e. The van der Waals surface area contributed by atoms with E-state index in [2.05, 4.69) is 0 Å². The first-order valence-electron chi connectivity index (χ1n) is 6.12. The Balaban J connectivity index is 2.06. The Bertz CT molecular complexity index is 554. The van der Waals surface area contributed by atoms with Crippen molar-refractivity contribution in [2.75, 3.05) is 6.61 Å². The van der Waals surface area contributed by atoms with Crippen molar-refractivity contribution >= 4 is 6.08 Å². The van der Waals surface area contributed by atoms with Crippen molar-refractivity contribution in [2.45, 2.75) is 25.0 Å². The Kier molecular flexibility index (Phi) is 2.87. The van der Waals surface area contributed by atoms with E-state index in [1.165, 1.54) is 12.1 Å². The van der Waals surface area contributed by atoms with Gasteiger partial charge >= 0.3 is 0 Å². The molecule has 6 nitrogen and oxygen atoms in total. The summed E-state index contributed by atoms with van der Waals surface area (Å²) >= 11 is 0.